The highest BCUT2D eigenvalue weighted by molar-refractivity contribution is 6.30. The van der Waals surface area contributed by atoms with Crippen LogP contribution in [0.2, 0.25) is 5.02 Å². The Bertz CT molecular complexity index is 1020. The molecule has 2 unspecified atom stereocenters. The first kappa shape index (κ1) is 18.6. The second-order valence-corrected chi connectivity index (χ2v) is 9.29. The molecule has 3 N–H and O–H groups in total. The largest absolute Gasteiger partial charge is 0.366 e. The Morgan fingerprint density at radius 3 is 2.76 bits per heavy atom. The van der Waals surface area contributed by atoms with E-state index in [1.54, 1.807) is 6.07 Å². The van der Waals surface area contributed by atoms with E-state index in [0.29, 0.717) is 29.4 Å². The number of aromatic nitrogens is 2. The Morgan fingerprint density at radius 2 is 2.14 bits per heavy atom. The molecule has 1 amide bonds. The first-order valence-electron chi connectivity index (χ1n) is 10.2. The number of hydrogen-bond donors (Lipinski definition) is 2. The molecule has 1 aromatic carbocycles. The van der Waals surface area contributed by atoms with Gasteiger partial charge < -0.3 is 16.0 Å². The van der Waals surface area contributed by atoms with Crippen LogP contribution in [0, 0.1) is 17.8 Å². The number of nitrogens with one attached hydrogen (secondary N) is 1. The maximum Gasteiger partial charge on any atom is 0.252 e. The molecule has 3 fully saturated rings. The van der Waals surface area contributed by atoms with Gasteiger partial charge in [0, 0.05) is 22.7 Å². The van der Waals surface area contributed by atoms with Crippen LogP contribution in [-0.4, -0.2) is 32.7 Å². The van der Waals surface area contributed by atoms with Crippen molar-refractivity contribution in [2.75, 3.05) is 6.54 Å². The molecule has 6 rings (SSSR count). The Morgan fingerprint density at radius 1 is 1.38 bits per heavy atom. The van der Waals surface area contributed by atoms with Gasteiger partial charge in [0.25, 0.3) is 5.91 Å². The summed E-state index contributed by atoms with van der Waals surface area (Å²) in [5.74, 6) is 2.72. The third kappa shape index (κ3) is 2.61. The molecule has 1 aliphatic heterocycles. The van der Waals surface area contributed by atoms with E-state index in [2.05, 4.69) is 35.7 Å². The molecule has 2 heterocycles. The van der Waals surface area contributed by atoms with Crippen molar-refractivity contribution in [1.82, 2.24) is 20.0 Å². The van der Waals surface area contributed by atoms with Crippen LogP contribution in [0.1, 0.15) is 36.3 Å². The van der Waals surface area contributed by atoms with Gasteiger partial charge in [0.05, 0.1) is 30.2 Å². The fraction of sp³-hybridized carbons (Fsp3) is 0.455. The number of amides is 1. The third-order valence-electron chi connectivity index (χ3n) is 7.44. The first-order valence-corrected chi connectivity index (χ1v) is 10.5. The van der Waals surface area contributed by atoms with E-state index in [4.69, 9.17) is 17.3 Å². The summed E-state index contributed by atoms with van der Waals surface area (Å²) in [6, 6.07) is 7.36. The topological polar surface area (TPSA) is 76.2 Å². The van der Waals surface area contributed by atoms with Gasteiger partial charge in [0.15, 0.2) is 0 Å². The fourth-order valence-corrected chi connectivity index (χ4v) is 5.78. The molecular formula is C22H26ClN5O. The van der Waals surface area contributed by atoms with Gasteiger partial charge in [-0.25, -0.2) is 0 Å². The minimum absolute atomic E-state index is 0.159. The Hall–Kier alpha value is -2.47. The van der Waals surface area contributed by atoms with Crippen molar-refractivity contribution < 1.29 is 4.79 Å². The second kappa shape index (κ2) is 6.26. The van der Waals surface area contributed by atoms with E-state index in [9.17, 15) is 4.79 Å². The second-order valence-electron chi connectivity index (χ2n) is 8.85. The van der Waals surface area contributed by atoms with Crippen LogP contribution in [-0.2, 0) is 13.1 Å². The highest BCUT2D eigenvalue weighted by Gasteiger charge is 2.67. The summed E-state index contributed by atoms with van der Waals surface area (Å²) in [6.45, 7) is 11.0. The minimum atomic E-state index is -0.470. The van der Waals surface area contributed by atoms with Crippen LogP contribution in [0.4, 0.5) is 0 Å². The quantitative estimate of drug-likeness (QED) is 0.792. The van der Waals surface area contributed by atoms with Gasteiger partial charge in [0.1, 0.15) is 5.69 Å². The lowest BCUT2D eigenvalue weighted by molar-refractivity contribution is -0.182. The van der Waals surface area contributed by atoms with E-state index in [1.807, 2.05) is 22.9 Å². The molecule has 6 nitrogen and oxygen atoms in total. The number of nitrogens with two attached hydrogens (primary N) is 1. The summed E-state index contributed by atoms with van der Waals surface area (Å²) < 4.78 is 1.89. The molecule has 0 saturated heterocycles. The van der Waals surface area contributed by atoms with Gasteiger partial charge in [0.2, 0.25) is 0 Å². The smallest absolute Gasteiger partial charge is 0.252 e. The molecule has 2 atom stereocenters. The molecule has 2 aromatic rings. The summed E-state index contributed by atoms with van der Waals surface area (Å²) in [5, 5.41) is 8.98. The van der Waals surface area contributed by atoms with Crippen LogP contribution < -0.4 is 11.1 Å². The third-order valence-corrected chi connectivity index (χ3v) is 7.67. The monoisotopic (exact) mass is 411 g/mol. The summed E-state index contributed by atoms with van der Waals surface area (Å²) >= 11 is 6.15. The molecule has 3 saturated carbocycles. The Labute approximate surface area is 175 Å². The van der Waals surface area contributed by atoms with Crippen LogP contribution >= 0.6 is 11.6 Å². The molecule has 152 valence electrons. The van der Waals surface area contributed by atoms with Gasteiger partial charge in [-0.1, -0.05) is 37.2 Å². The van der Waals surface area contributed by atoms with E-state index < -0.39 is 5.91 Å². The lowest BCUT2D eigenvalue weighted by Crippen LogP contribution is -2.77. The van der Waals surface area contributed by atoms with Gasteiger partial charge in [-0.2, -0.15) is 5.10 Å². The number of fused-ring (bicyclic) bond motifs is 1. The number of benzene rings is 1. The van der Waals surface area contributed by atoms with Crippen LogP contribution in [0.3, 0.4) is 0 Å². The fourth-order valence-electron chi connectivity index (χ4n) is 5.59. The minimum Gasteiger partial charge on any atom is -0.366 e. The molecule has 7 heteroatoms. The lowest BCUT2D eigenvalue weighted by Gasteiger charge is -2.72. The standard InChI is InChI=1S/C22H26ClN5O/c1-12-16-10-17(12)22(16,3)25-13(2)27-7-8-28-18(11-27)19(21(24)29)20(26-28)14-5-4-6-15(23)9-14/h4-6,9,12,16-17,25H,2,7-8,10-11H2,1,3H3,(H2,24,29). The average Bonchev–Trinajstić information content (AvgIpc) is 3.04. The molecule has 4 aliphatic rings. The normalized spacial score (nSPS) is 29.5. The van der Waals surface area contributed by atoms with Crippen molar-refractivity contribution >= 4 is 17.5 Å². The van der Waals surface area contributed by atoms with Crippen LogP contribution in [0.25, 0.3) is 11.3 Å². The Kier molecular flexibility index (Phi) is 4.01. The summed E-state index contributed by atoms with van der Waals surface area (Å²) in [6.07, 6.45) is 1.32. The lowest BCUT2D eigenvalue weighted by atomic mass is 9.38. The maximum atomic E-state index is 12.3. The highest BCUT2D eigenvalue weighted by Crippen LogP contribution is 2.65. The number of primary amides is 1. The van der Waals surface area contributed by atoms with Crippen molar-refractivity contribution in [3.63, 3.8) is 0 Å². The summed E-state index contributed by atoms with van der Waals surface area (Å²) in [7, 11) is 0. The van der Waals surface area contributed by atoms with Gasteiger partial charge in [-0.3, -0.25) is 9.48 Å². The molecular weight excluding hydrogens is 386 g/mol. The predicted octanol–water partition coefficient (Wildman–Crippen LogP) is 3.22. The number of nitrogens with zero attached hydrogens (tertiary/aromatic N) is 3. The zero-order valence-electron chi connectivity index (χ0n) is 16.8. The van der Waals surface area contributed by atoms with Crippen molar-refractivity contribution in [1.29, 1.82) is 0 Å². The number of hydrogen-bond acceptors (Lipinski definition) is 4. The first-order chi connectivity index (χ1) is 13.8. The van der Waals surface area contributed by atoms with Crippen LogP contribution in [0.5, 0.6) is 0 Å². The number of halogens is 1. The molecule has 3 aliphatic carbocycles. The van der Waals surface area contributed by atoms with Gasteiger partial charge in [-0.15, -0.1) is 0 Å². The van der Waals surface area contributed by atoms with Crippen molar-refractivity contribution in [2.24, 2.45) is 23.5 Å². The zero-order chi connectivity index (χ0) is 20.5. The molecule has 0 radical (unpaired) electrons. The SMILES string of the molecule is C=C(NC1(C)C2CC1C2C)N1CCn2nc(-c3cccc(Cl)c3)c(C(N)=O)c2C1. The van der Waals surface area contributed by atoms with Gasteiger partial charge in [-0.05, 0) is 43.2 Å². The number of rotatable bonds is 5. The van der Waals surface area contributed by atoms with E-state index in [0.717, 1.165) is 41.4 Å². The summed E-state index contributed by atoms with van der Waals surface area (Å²) in [5.41, 5.74) is 8.62. The molecule has 29 heavy (non-hydrogen) atoms. The average molecular weight is 412 g/mol. The zero-order valence-corrected chi connectivity index (χ0v) is 17.5. The van der Waals surface area contributed by atoms with E-state index >= 15 is 0 Å². The van der Waals surface area contributed by atoms with Crippen molar-refractivity contribution in [3.8, 4) is 11.3 Å². The number of carbonyl (C=O) groups excluding carboxylic acids is 1. The van der Waals surface area contributed by atoms with Crippen molar-refractivity contribution in [3.05, 3.63) is 52.9 Å². The maximum absolute atomic E-state index is 12.3. The predicted molar refractivity (Wildman–Crippen MR) is 113 cm³/mol. The summed E-state index contributed by atoms with van der Waals surface area (Å²) in [4.78, 5) is 14.5. The molecule has 1 aromatic heterocycles. The van der Waals surface area contributed by atoms with E-state index in [-0.39, 0.29) is 5.54 Å². The van der Waals surface area contributed by atoms with Gasteiger partial charge >= 0.3 is 0 Å². The van der Waals surface area contributed by atoms with E-state index in [1.165, 1.54) is 6.42 Å². The highest BCUT2D eigenvalue weighted by atomic mass is 35.5. The van der Waals surface area contributed by atoms with Crippen molar-refractivity contribution in [2.45, 2.75) is 38.9 Å². The molecule has 2 bridgehead atoms. The Balaban J connectivity index is 1.41. The molecule has 0 spiro atoms. The number of carbonyl (C=O) groups is 1. The van der Waals surface area contributed by atoms with Crippen LogP contribution in [0.15, 0.2) is 36.7 Å².